The number of aryl methyl sites for hydroxylation is 1. The third kappa shape index (κ3) is 5.80. The molecule has 5 rings (SSSR count). The first-order valence-electron chi connectivity index (χ1n) is 12.4. The van der Waals surface area contributed by atoms with Crippen LogP contribution >= 0.6 is 11.6 Å². The highest BCUT2D eigenvalue weighted by Gasteiger charge is 2.35. The fraction of sp³-hybridized carbons (Fsp3) is 0.296. The molecular formula is C27H28ClF2N7O2. The van der Waals surface area contributed by atoms with Crippen LogP contribution in [0.2, 0.25) is 5.02 Å². The van der Waals surface area contributed by atoms with E-state index in [0.29, 0.717) is 48.7 Å². The van der Waals surface area contributed by atoms with Crippen molar-refractivity contribution in [1.82, 2.24) is 29.8 Å². The van der Waals surface area contributed by atoms with Crippen molar-refractivity contribution in [3.05, 3.63) is 83.1 Å². The van der Waals surface area contributed by atoms with Crippen LogP contribution in [0.4, 0.5) is 19.4 Å². The smallest absolute Gasteiger partial charge is 0.320 e. The first-order valence-corrected chi connectivity index (χ1v) is 12.8. The van der Waals surface area contributed by atoms with E-state index in [1.807, 2.05) is 30.3 Å². The highest BCUT2D eigenvalue weighted by molar-refractivity contribution is 6.36. The summed E-state index contributed by atoms with van der Waals surface area (Å²) in [5.74, 6) is -1.81. The molecular weight excluding hydrogens is 528 g/mol. The van der Waals surface area contributed by atoms with Crippen LogP contribution in [-0.2, 0) is 11.8 Å². The van der Waals surface area contributed by atoms with Crippen LogP contribution in [0.5, 0.6) is 0 Å². The van der Waals surface area contributed by atoms with Crippen LogP contribution in [0.3, 0.4) is 0 Å². The molecule has 2 atom stereocenters. The van der Waals surface area contributed by atoms with Crippen LogP contribution in [0, 0.1) is 11.6 Å². The number of amides is 2. The van der Waals surface area contributed by atoms with Gasteiger partial charge in [-0.25, -0.2) is 18.3 Å². The molecule has 1 fully saturated rings. The summed E-state index contributed by atoms with van der Waals surface area (Å²) in [5, 5.41) is 15.0. The summed E-state index contributed by atoms with van der Waals surface area (Å²) < 4.78 is 36.1. The Labute approximate surface area is 229 Å². The molecule has 2 aromatic heterocycles. The van der Waals surface area contributed by atoms with E-state index in [1.165, 1.54) is 6.07 Å². The predicted molar refractivity (Wildman–Crippen MR) is 144 cm³/mol. The molecule has 39 heavy (non-hydrogen) atoms. The van der Waals surface area contributed by atoms with Crippen LogP contribution in [0.1, 0.15) is 11.5 Å². The minimum atomic E-state index is -0.924. The van der Waals surface area contributed by atoms with E-state index in [2.05, 4.69) is 25.7 Å². The average Bonchev–Trinajstić information content (AvgIpc) is 3.62. The molecule has 4 aromatic rings. The third-order valence-electron chi connectivity index (χ3n) is 6.73. The van der Waals surface area contributed by atoms with E-state index >= 15 is 0 Å². The van der Waals surface area contributed by atoms with E-state index < -0.39 is 17.7 Å². The van der Waals surface area contributed by atoms with Crippen molar-refractivity contribution < 1.29 is 18.3 Å². The van der Waals surface area contributed by atoms with Crippen molar-refractivity contribution >= 4 is 23.4 Å². The Hall–Kier alpha value is -3.80. The molecule has 0 bridgehead atoms. The first kappa shape index (κ1) is 26.8. The highest BCUT2D eigenvalue weighted by Crippen LogP contribution is 2.35. The van der Waals surface area contributed by atoms with Crippen molar-refractivity contribution in [1.29, 1.82) is 0 Å². The quantitative estimate of drug-likeness (QED) is 0.335. The lowest BCUT2D eigenvalue weighted by molar-refractivity contribution is 0.159. The molecule has 0 saturated carbocycles. The number of urea groups is 1. The number of para-hydroxylation sites is 1. The molecule has 12 heteroatoms. The summed E-state index contributed by atoms with van der Waals surface area (Å²) in [6, 6.07) is 12.3. The van der Waals surface area contributed by atoms with Crippen molar-refractivity contribution in [2.24, 2.45) is 7.05 Å². The molecule has 0 aliphatic carbocycles. The van der Waals surface area contributed by atoms with Gasteiger partial charge in [-0.15, -0.1) is 0 Å². The largest absolute Gasteiger partial charge is 0.383 e. The van der Waals surface area contributed by atoms with Crippen molar-refractivity contribution in [3.8, 4) is 16.9 Å². The minimum Gasteiger partial charge on any atom is -0.383 e. The fourth-order valence-electron chi connectivity index (χ4n) is 4.82. The summed E-state index contributed by atoms with van der Waals surface area (Å²) in [6.07, 6.45) is 3.43. The van der Waals surface area contributed by atoms with E-state index in [9.17, 15) is 13.6 Å². The number of anilines is 1. The molecule has 2 aromatic carbocycles. The lowest BCUT2D eigenvalue weighted by Gasteiger charge is -2.21. The monoisotopic (exact) mass is 555 g/mol. The van der Waals surface area contributed by atoms with E-state index in [4.69, 9.17) is 16.3 Å². The Kier molecular flexibility index (Phi) is 7.92. The number of ether oxygens (including phenoxy) is 1. The van der Waals surface area contributed by atoms with Gasteiger partial charge in [-0.3, -0.25) is 14.9 Å². The normalized spacial score (nSPS) is 17.5. The van der Waals surface area contributed by atoms with Gasteiger partial charge in [0.2, 0.25) is 0 Å². The van der Waals surface area contributed by atoms with Gasteiger partial charge in [0.05, 0.1) is 24.5 Å². The summed E-state index contributed by atoms with van der Waals surface area (Å²) in [7, 11) is 3.41. The zero-order chi connectivity index (χ0) is 27.5. The summed E-state index contributed by atoms with van der Waals surface area (Å²) in [5.41, 5.74) is 2.47. The van der Waals surface area contributed by atoms with Gasteiger partial charge in [0.15, 0.2) is 17.5 Å². The van der Waals surface area contributed by atoms with Gasteiger partial charge in [0.25, 0.3) is 0 Å². The van der Waals surface area contributed by atoms with Gasteiger partial charge in [-0.05, 0) is 29.8 Å². The third-order valence-corrected chi connectivity index (χ3v) is 7.09. The van der Waals surface area contributed by atoms with Crippen LogP contribution < -0.4 is 10.6 Å². The molecule has 1 saturated heterocycles. The number of carbonyl (C=O) groups excluding carboxylic acids is 1. The summed E-state index contributed by atoms with van der Waals surface area (Å²) >= 11 is 6.76. The molecule has 0 spiro atoms. The number of likely N-dealkylation sites (tertiary alicyclic amines) is 1. The van der Waals surface area contributed by atoms with E-state index in [1.54, 1.807) is 42.0 Å². The Morgan fingerprint density at radius 1 is 1.15 bits per heavy atom. The number of methoxy groups -OCH3 is 1. The van der Waals surface area contributed by atoms with Gasteiger partial charge in [0.1, 0.15) is 10.7 Å². The number of hydrogen-bond donors (Lipinski definition) is 2. The number of nitrogens with zero attached hydrogens (tertiary/aromatic N) is 5. The molecule has 9 nitrogen and oxygen atoms in total. The zero-order valence-electron chi connectivity index (χ0n) is 21.4. The second-order valence-corrected chi connectivity index (χ2v) is 9.78. The maximum absolute atomic E-state index is 14.1. The fourth-order valence-corrected chi connectivity index (χ4v) is 5.09. The number of halogens is 3. The first-order chi connectivity index (χ1) is 18.8. The van der Waals surface area contributed by atoms with Gasteiger partial charge < -0.3 is 10.1 Å². The SMILES string of the molecule is COCCN1C[C@@H](NC(=O)Nc2c(Cl)c(-c3cnn(C)c3)nn2-c2ccccc2)[C@H](c2ccc(F)c(F)c2)C1. The molecule has 204 valence electrons. The number of carbonyl (C=O) groups is 1. The van der Waals surface area contributed by atoms with E-state index in [0.717, 1.165) is 6.07 Å². The van der Waals surface area contributed by atoms with E-state index in [-0.39, 0.29) is 22.8 Å². The van der Waals surface area contributed by atoms with Gasteiger partial charge in [-0.1, -0.05) is 35.9 Å². The zero-order valence-corrected chi connectivity index (χ0v) is 22.2. The average molecular weight is 556 g/mol. The molecule has 0 unspecified atom stereocenters. The number of nitrogens with one attached hydrogen (secondary N) is 2. The number of aromatic nitrogens is 4. The van der Waals surface area contributed by atoms with Gasteiger partial charge in [0, 0.05) is 51.5 Å². The number of benzene rings is 2. The van der Waals surface area contributed by atoms with Crippen molar-refractivity contribution in [3.63, 3.8) is 0 Å². The van der Waals surface area contributed by atoms with Crippen LogP contribution in [-0.4, -0.2) is 69.9 Å². The van der Waals surface area contributed by atoms with Crippen LogP contribution in [0.25, 0.3) is 16.9 Å². The van der Waals surface area contributed by atoms with Crippen molar-refractivity contribution in [2.45, 2.75) is 12.0 Å². The Morgan fingerprint density at radius 2 is 1.95 bits per heavy atom. The topological polar surface area (TPSA) is 89.2 Å². The van der Waals surface area contributed by atoms with Gasteiger partial charge in [-0.2, -0.15) is 10.2 Å². The number of hydrogen-bond acceptors (Lipinski definition) is 5. The Morgan fingerprint density at radius 3 is 2.64 bits per heavy atom. The molecule has 2 N–H and O–H groups in total. The molecule has 3 heterocycles. The summed E-state index contributed by atoms with van der Waals surface area (Å²) in [4.78, 5) is 15.5. The lowest BCUT2D eigenvalue weighted by Crippen LogP contribution is -2.42. The number of rotatable bonds is 8. The highest BCUT2D eigenvalue weighted by atomic mass is 35.5. The van der Waals surface area contributed by atoms with Crippen LogP contribution in [0.15, 0.2) is 60.9 Å². The Balaban J connectivity index is 1.42. The van der Waals surface area contributed by atoms with Crippen molar-refractivity contribution in [2.75, 3.05) is 38.7 Å². The second kappa shape index (κ2) is 11.5. The minimum absolute atomic E-state index is 0.257. The maximum Gasteiger partial charge on any atom is 0.320 e. The standard InChI is InChI=1S/C27H28ClF2N7O2/c1-35-14-18(13-31-35)25-24(28)26(37(34-25)19-6-4-3-5-7-19)33-27(38)32-23-16-36(10-11-39-2)15-20(23)17-8-9-21(29)22(30)12-17/h3-9,12-14,20,23H,10-11,15-16H2,1-2H3,(H2,32,33,38)/t20-,23+/m0/s1. The lowest BCUT2D eigenvalue weighted by atomic mass is 9.94. The Bertz CT molecular complexity index is 1460. The predicted octanol–water partition coefficient (Wildman–Crippen LogP) is 4.44. The molecule has 0 radical (unpaired) electrons. The summed E-state index contributed by atoms with van der Waals surface area (Å²) in [6.45, 7) is 2.20. The molecule has 2 amide bonds. The molecule has 1 aliphatic rings. The second-order valence-electron chi connectivity index (χ2n) is 9.40. The maximum atomic E-state index is 14.1. The molecule has 1 aliphatic heterocycles. The van der Waals surface area contributed by atoms with Gasteiger partial charge >= 0.3 is 6.03 Å².